The molecule has 2 rings (SSSR count). The van der Waals surface area contributed by atoms with Crippen LogP contribution in [0.5, 0.6) is 0 Å². The van der Waals surface area contributed by atoms with Crippen molar-refractivity contribution in [1.29, 1.82) is 0 Å². The number of nitrogens with zero attached hydrogens (tertiary/aromatic N) is 1. The van der Waals surface area contributed by atoms with Crippen molar-refractivity contribution >= 4 is 23.7 Å². The van der Waals surface area contributed by atoms with Crippen LogP contribution in [-0.4, -0.2) is 68.2 Å². The van der Waals surface area contributed by atoms with Crippen molar-refractivity contribution < 1.29 is 33.3 Å². The van der Waals surface area contributed by atoms with Gasteiger partial charge in [-0.25, -0.2) is 4.79 Å². The molecule has 1 amide bonds. The number of carbonyl (C=O) groups excluding carboxylic acids is 3. The molecule has 4 atom stereocenters. The maximum atomic E-state index is 12.2. The summed E-state index contributed by atoms with van der Waals surface area (Å²) in [5.41, 5.74) is 0.752. The van der Waals surface area contributed by atoms with Crippen LogP contribution < -0.4 is 5.32 Å². The van der Waals surface area contributed by atoms with E-state index < -0.39 is 42.5 Å². The topological polar surface area (TPSA) is 103 Å². The van der Waals surface area contributed by atoms with E-state index in [9.17, 15) is 14.4 Å². The maximum Gasteiger partial charge on any atom is 0.411 e. The molecule has 0 aliphatic carbocycles. The summed E-state index contributed by atoms with van der Waals surface area (Å²) in [5, 5.41) is 3.22. The fourth-order valence-electron chi connectivity index (χ4n) is 3.08. The number of anilines is 1. The Bertz CT molecular complexity index is 667. The van der Waals surface area contributed by atoms with Crippen molar-refractivity contribution in [3.63, 3.8) is 0 Å². The van der Waals surface area contributed by atoms with Crippen LogP contribution in [0.1, 0.15) is 13.8 Å². The summed E-state index contributed by atoms with van der Waals surface area (Å²) in [6.45, 7) is 2.60. The van der Waals surface area contributed by atoms with Gasteiger partial charge in [0.05, 0.1) is 19.7 Å². The van der Waals surface area contributed by atoms with Crippen LogP contribution in [0.2, 0.25) is 0 Å². The number of hydrogen-bond donors (Lipinski definition) is 1. The number of carbonyl (C=O) groups is 3. The minimum atomic E-state index is -1.04. The Morgan fingerprint density at radius 3 is 2.11 bits per heavy atom. The Morgan fingerprint density at radius 2 is 1.59 bits per heavy atom. The number of methoxy groups -OCH3 is 2. The highest BCUT2D eigenvalue weighted by atomic mass is 16.6. The van der Waals surface area contributed by atoms with E-state index in [0.29, 0.717) is 0 Å². The van der Waals surface area contributed by atoms with E-state index in [1.165, 1.54) is 33.0 Å². The summed E-state index contributed by atoms with van der Waals surface area (Å²) in [4.78, 5) is 36.8. The molecule has 9 heteroatoms. The molecular formula is C18H24N2O7. The lowest BCUT2D eigenvalue weighted by Gasteiger charge is -2.46. The molecule has 1 aromatic carbocycles. The summed E-state index contributed by atoms with van der Waals surface area (Å²) in [6.07, 6.45) is -3.54. The van der Waals surface area contributed by atoms with Crippen LogP contribution in [0, 0.1) is 0 Å². The van der Waals surface area contributed by atoms with Crippen molar-refractivity contribution in [2.75, 3.05) is 26.1 Å². The van der Waals surface area contributed by atoms with Crippen LogP contribution in [0.4, 0.5) is 10.5 Å². The zero-order chi connectivity index (χ0) is 20.0. The molecule has 1 aromatic rings. The minimum Gasteiger partial charge on any atom is -0.456 e. The highest BCUT2D eigenvalue weighted by molar-refractivity contribution is 5.70. The smallest absolute Gasteiger partial charge is 0.411 e. The normalized spacial score (nSPS) is 24.7. The fraction of sp³-hybridized carbons (Fsp3) is 0.500. The third-order valence-electron chi connectivity index (χ3n) is 4.08. The van der Waals surface area contributed by atoms with Crippen LogP contribution in [-0.2, 0) is 28.5 Å². The number of esters is 2. The molecule has 1 N–H and O–H groups in total. The van der Waals surface area contributed by atoms with Crippen LogP contribution in [0.3, 0.4) is 0 Å². The minimum absolute atomic E-state index is 0.107. The van der Waals surface area contributed by atoms with Crippen molar-refractivity contribution in [1.82, 2.24) is 4.90 Å². The summed E-state index contributed by atoms with van der Waals surface area (Å²) in [5.74, 6) is -1.14. The molecule has 0 bridgehead atoms. The first-order valence-electron chi connectivity index (χ1n) is 8.40. The largest absolute Gasteiger partial charge is 0.456 e. The van der Waals surface area contributed by atoms with Crippen LogP contribution in [0.15, 0.2) is 30.3 Å². The Hall–Kier alpha value is -2.81. The van der Waals surface area contributed by atoms with Gasteiger partial charge in [0.2, 0.25) is 0 Å². The molecule has 0 aromatic heterocycles. The summed E-state index contributed by atoms with van der Waals surface area (Å²) in [6, 6.07) is 8.63. The average Bonchev–Trinajstić information content (AvgIpc) is 2.63. The van der Waals surface area contributed by atoms with Crippen molar-refractivity contribution in [2.24, 2.45) is 0 Å². The van der Waals surface area contributed by atoms with E-state index in [-0.39, 0.29) is 6.54 Å². The van der Waals surface area contributed by atoms with Gasteiger partial charge in [0.15, 0.2) is 18.4 Å². The Balaban J connectivity index is 2.41. The second-order valence-electron chi connectivity index (χ2n) is 6.01. The maximum absolute atomic E-state index is 12.2. The van der Waals surface area contributed by atoms with Gasteiger partial charge in [0.25, 0.3) is 0 Å². The number of ether oxygens (including phenoxy) is 4. The number of piperidine rings is 1. The standard InChI is InChI=1S/C18H24N2O7/c1-11(21)26-15-14(19-13-8-6-5-7-9-13)10-20(18(23)25-4)17(24-3)16(15)27-12(2)22/h5-9,14-17,19H,10H2,1-4H3/t14-,15+,16+,17-/m1/s1. The molecule has 1 aliphatic rings. The lowest BCUT2D eigenvalue weighted by molar-refractivity contribution is -0.204. The van der Waals surface area contributed by atoms with Gasteiger partial charge in [-0.3, -0.25) is 14.5 Å². The highest BCUT2D eigenvalue weighted by Gasteiger charge is 2.50. The molecule has 148 valence electrons. The van der Waals surface area contributed by atoms with E-state index in [1.54, 1.807) is 0 Å². The lowest BCUT2D eigenvalue weighted by Crippen LogP contribution is -2.66. The van der Waals surface area contributed by atoms with Crippen LogP contribution in [0.25, 0.3) is 0 Å². The molecule has 1 heterocycles. The van der Waals surface area contributed by atoms with Gasteiger partial charge >= 0.3 is 18.0 Å². The second-order valence-corrected chi connectivity index (χ2v) is 6.01. The summed E-state index contributed by atoms with van der Waals surface area (Å²) >= 11 is 0. The first-order valence-corrected chi connectivity index (χ1v) is 8.40. The number of hydrogen-bond acceptors (Lipinski definition) is 8. The SMILES string of the molecule is COC(=O)N1C[C@@H](Nc2ccccc2)[C@H](OC(C)=O)[C@H](OC(C)=O)[C@H]1OC. The molecule has 27 heavy (non-hydrogen) atoms. The Labute approximate surface area is 157 Å². The van der Waals surface area contributed by atoms with E-state index in [0.717, 1.165) is 5.69 Å². The van der Waals surface area contributed by atoms with Crippen molar-refractivity contribution in [3.8, 4) is 0 Å². The summed E-state index contributed by atoms with van der Waals surface area (Å²) < 4.78 is 21.0. The number of amides is 1. The fourth-order valence-corrected chi connectivity index (χ4v) is 3.08. The van der Waals surface area contributed by atoms with Crippen LogP contribution >= 0.6 is 0 Å². The molecular weight excluding hydrogens is 356 g/mol. The van der Waals surface area contributed by atoms with Gasteiger partial charge < -0.3 is 24.3 Å². The van der Waals surface area contributed by atoms with Gasteiger partial charge in [-0.05, 0) is 12.1 Å². The number of para-hydroxylation sites is 1. The monoisotopic (exact) mass is 380 g/mol. The van der Waals surface area contributed by atoms with Gasteiger partial charge in [-0.1, -0.05) is 18.2 Å². The number of nitrogens with one attached hydrogen (secondary N) is 1. The third kappa shape index (κ3) is 5.10. The number of likely N-dealkylation sites (tertiary alicyclic amines) is 1. The van der Waals surface area contributed by atoms with Crippen molar-refractivity contribution in [3.05, 3.63) is 30.3 Å². The third-order valence-corrected chi connectivity index (χ3v) is 4.08. The number of benzene rings is 1. The Morgan fingerprint density at radius 1 is 1.00 bits per heavy atom. The summed E-state index contributed by atoms with van der Waals surface area (Å²) in [7, 11) is 2.61. The molecule has 9 nitrogen and oxygen atoms in total. The first kappa shape index (κ1) is 20.5. The lowest BCUT2D eigenvalue weighted by atomic mass is 9.96. The number of rotatable bonds is 5. The van der Waals surface area contributed by atoms with E-state index >= 15 is 0 Å². The molecule has 0 unspecified atom stereocenters. The van der Waals surface area contributed by atoms with Gasteiger partial charge in [0, 0.05) is 26.6 Å². The van der Waals surface area contributed by atoms with E-state index in [4.69, 9.17) is 18.9 Å². The van der Waals surface area contributed by atoms with Gasteiger partial charge in [0.1, 0.15) is 0 Å². The average molecular weight is 380 g/mol. The zero-order valence-corrected chi connectivity index (χ0v) is 15.7. The second kappa shape index (κ2) is 9.22. The molecule has 1 aliphatic heterocycles. The predicted octanol–water partition coefficient (Wildman–Crippen LogP) is 1.38. The molecule has 0 spiro atoms. The highest BCUT2D eigenvalue weighted by Crippen LogP contribution is 2.28. The first-order chi connectivity index (χ1) is 12.9. The van der Waals surface area contributed by atoms with Gasteiger partial charge in [-0.2, -0.15) is 0 Å². The predicted molar refractivity (Wildman–Crippen MR) is 94.9 cm³/mol. The zero-order valence-electron chi connectivity index (χ0n) is 15.7. The van der Waals surface area contributed by atoms with E-state index in [2.05, 4.69) is 5.32 Å². The quantitative estimate of drug-likeness (QED) is 0.604. The molecule has 0 saturated carbocycles. The molecule has 0 radical (unpaired) electrons. The van der Waals surface area contributed by atoms with E-state index in [1.807, 2.05) is 30.3 Å². The van der Waals surface area contributed by atoms with Crippen molar-refractivity contribution in [2.45, 2.75) is 38.3 Å². The Kier molecular flexibility index (Phi) is 7.00. The van der Waals surface area contributed by atoms with Gasteiger partial charge in [-0.15, -0.1) is 0 Å². The molecule has 1 saturated heterocycles. The molecule has 1 fully saturated rings.